The summed E-state index contributed by atoms with van der Waals surface area (Å²) in [4.78, 5) is 29.4. The lowest BCUT2D eigenvalue weighted by atomic mass is 9.77. The SMILES string of the molecule is CN1CC[C@@]2(CN(C(=O)CN3CCOCC3)CC(F)(F)C2)C1=O. The summed E-state index contributed by atoms with van der Waals surface area (Å²) in [6.45, 7) is 2.46. The van der Waals surface area contributed by atoms with Crippen molar-refractivity contribution in [3.63, 3.8) is 0 Å². The molecule has 0 N–H and O–H groups in total. The summed E-state index contributed by atoms with van der Waals surface area (Å²) in [7, 11) is 1.63. The van der Waals surface area contributed by atoms with Crippen molar-refractivity contribution in [1.82, 2.24) is 14.7 Å². The molecule has 2 amide bonds. The fourth-order valence-electron chi connectivity index (χ4n) is 3.84. The number of likely N-dealkylation sites (tertiary alicyclic amines) is 2. The molecule has 3 saturated heterocycles. The van der Waals surface area contributed by atoms with Crippen molar-refractivity contribution in [1.29, 1.82) is 0 Å². The van der Waals surface area contributed by atoms with Crippen LogP contribution in [0.25, 0.3) is 0 Å². The lowest BCUT2D eigenvalue weighted by Crippen LogP contribution is -2.58. The second-order valence-electron chi connectivity index (χ2n) is 6.93. The van der Waals surface area contributed by atoms with Crippen molar-refractivity contribution in [3.8, 4) is 0 Å². The lowest BCUT2D eigenvalue weighted by Gasteiger charge is -2.43. The molecule has 6 nitrogen and oxygen atoms in total. The van der Waals surface area contributed by atoms with Gasteiger partial charge < -0.3 is 14.5 Å². The average molecular weight is 331 g/mol. The molecule has 0 aliphatic carbocycles. The monoisotopic (exact) mass is 331 g/mol. The zero-order valence-electron chi connectivity index (χ0n) is 13.4. The van der Waals surface area contributed by atoms with E-state index in [4.69, 9.17) is 4.74 Å². The van der Waals surface area contributed by atoms with Gasteiger partial charge in [0.25, 0.3) is 5.92 Å². The van der Waals surface area contributed by atoms with Gasteiger partial charge in [0.15, 0.2) is 0 Å². The molecule has 0 aromatic heterocycles. The normalized spacial score (nSPS) is 31.9. The summed E-state index contributed by atoms with van der Waals surface area (Å²) in [5.74, 6) is -3.60. The second kappa shape index (κ2) is 5.98. The van der Waals surface area contributed by atoms with Crippen LogP contribution >= 0.6 is 0 Å². The van der Waals surface area contributed by atoms with Crippen LogP contribution in [0.5, 0.6) is 0 Å². The van der Waals surface area contributed by atoms with Crippen molar-refractivity contribution in [2.75, 3.05) is 59.5 Å². The van der Waals surface area contributed by atoms with E-state index in [1.165, 1.54) is 9.80 Å². The molecule has 23 heavy (non-hydrogen) atoms. The number of ether oxygens (including phenoxy) is 1. The predicted octanol–water partition coefficient (Wildman–Crippen LogP) is 0.0347. The Hall–Kier alpha value is -1.28. The van der Waals surface area contributed by atoms with Crippen LogP contribution in [0.15, 0.2) is 0 Å². The summed E-state index contributed by atoms with van der Waals surface area (Å²) in [5, 5.41) is 0. The van der Waals surface area contributed by atoms with Crippen molar-refractivity contribution < 1.29 is 23.1 Å². The average Bonchev–Trinajstić information content (AvgIpc) is 2.75. The van der Waals surface area contributed by atoms with E-state index in [1.54, 1.807) is 7.05 Å². The number of carbonyl (C=O) groups is 2. The molecule has 0 radical (unpaired) electrons. The smallest absolute Gasteiger partial charge is 0.266 e. The van der Waals surface area contributed by atoms with Gasteiger partial charge in [0.05, 0.1) is 31.7 Å². The van der Waals surface area contributed by atoms with E-state index >= 15 is 0 Å². The van der Waals surface area contributed by atoms with E-state index in [1.807, 2.05) is 4.90 Å². The number of morpholine rings is 1. The number of amides is 2. The van der Waals surface area contributed by atoms with Crippen LogP contribution in [0.1, 0.15) is 12.8 Å². The minimum atomic E-state index is -3.01. The molecule has 1 spiro atoms. The number of nitrogens with zero attached hydrogens (tertiary/aromatic N) is 3. The summed E-state index contributed by atoms with van der Waals surface area (Å²) >= 11 is 0. The number of hydrogen-bond acceptors (Lipinski definition) is 4. The third kappa shape index (κ3) is 3.33. The van der Waals surface area contributed by atoms with Crippen molar-refractivity contribution in [2.24, 2.45) is 5.41 Å². The molecular weight excluding hydrogens is 308 g/mol. The fourth-order valence-corrected chi connectivity index (χ4v) is 3.84. The first-order valence-electron chi connectivity index (χ1n) is 8.03. The van der Waals surface area contributed by atoms with Crippen LogP contribution in [0.4, 0.5) is 8.78 Å². The van der Waals surface area contributed by atoms with Crippen LogP contribution < -0.4 is 0 Å². The van der Waals surface area contributed by atoms with Crippen molar-refractivity contribution >= 4 is 11.8 Å². The lowest BCUT2D eigenvalue weighted by molar-refractivity contribution is -0.163. The van der Waals surface area contributed by atoms with Gasteiger partial charge in [-0.2, -0.15) is 0 Å². The molecule has 3 heterocycles. The number of alkyl halides is 2. The van der Waals surface area contributed by atoms with Gasteiger partial charge in [-0.05, 0) is 6.42 Å². The number of halogens is 2. The highest BCUT2D eigenvalue weighted by Gasteiger charge is 2.57. The summed E-state index contributed by atoms with van der Waals surface area (Å²) in [5.41, 5.74) is -1.11. The van der Waals surface area contributed by atoms with Crippen LogP contribution in [0.3, 0.4) is 0 Å². The minimum absolute atomic E-state index is 0.106. The molecule has 8 heteroatoms. The number of carbonyl (C=O) groups excluding carboxylic acids is 2. The van der Waals surface area contributed by atoms with Crippen LogP contribution in [0.2, 0.25) is 0 Å². The van der Waals surface area contributed by atoms with Gasteiger partial charge in [0, 0.05) is 39.6 Å². The highest BCUT2D eigenvalue weighted by Crippen LogP contribution is 2.45. The predicted molar refractivity (Wildman–Crippen MR) is 78.1 cm³/mol. The second-order valence-corrected chi connectivity index (χ2v) is 6.93. The van der Waals surface area contributed by atoms with Crippen LogP contribution in [-0.4, -0.2) is 92.0 Å². The fraction of sp³-hybridized carbons (Fsp3) is 0.867. The molecule has 130 valence electrons. The summed E-state index contributed by atoms with van der Waals surface area (Å²) < 4.78 is 33.6. The Labute approximate surface area is 134 Å². The summed E-state index contributed by atoms with van der Waals surface area (Å²) in [6.07, 6.45) is -0.0657. The Bertz CT molecular complexity index is 496. The van der Waals surface area contributed by atoms with E-state index in [-0.39, 0.29) is 24.9 Å². The van der Waals surface area contributed by atoms with Gasteiger partial charge in [0.1, 0.15) is 0 Å². The van der Waals surface area contributed by atoms with Gasteiger partial charge in [-0.15, -0.1) is 0 Å². The molecule has 0 aromatic rings. The molecule has 0 unspecified atom stereocenters. The molecule has 0 bridgehead atoms. The largest absolute Gasteiger partial charge is 0.379 e. The molecule has 0 aromatic carbocycles. The van der Waals surface area contributed by atoms with Gasteiger partial charge in [-0.1, -0.05) is 0 Å². The Kier molecular flexibility index (Phi) is 4.31. The first kappa shape index (κ1) is 16.6. The topological polar surface area (TPSA) is 53.1 Å². The quantitative estimate of drug-likeness (QED) is 0.717. The third-order valence-corrected chi connectivity index (χ3v) is 5.05. The molecule has 3 fully saturated rings. The van der Waals surface area contributed by atoms with Crippen molar-refractivity contribution in [3.05, 3.63) is 0 Å². The first-order valence-corrected chi connectivity index (χ1v) is 8.03. The maximum atomic E-state index is 14.2. The summed E-state index contributed by atoms with van der Waals surface area (Å²) in [6, 6.07) is 0. The molecule has 1 atom stereocenters. The Morgan fingerprint density at radius 3 is 2.52 bits per heavy atom. The molecule has 3 aliphatic rings. The molecule has 0 saturated carbocycles. The van der Waals surface area contributed by atoms with E-state index in [9.17, 15) is 18.4 Å². The van der Waals surface area contributed by atoms with Gasteiger partial charge in [-0.25, -0.2) is 8.78 Å². The Morgan fingerprint density at radius 2 is 1.91 bits per heavy atom. The van der Waals surface area contributed by atoms with Crippen LogP contribution in [0, 0.1) is 5.41 Å². The molecular formula is C15H23F2N3O3. The Morgan fingerprint density at radius 1 is 1.22 bits per heavy atom. The van der Waals surface area contributed by atoms with Crippen molar-refractivity contribution in [2.45, 2.75) is 18.8 Å². The Balaban J connectivity index is 1.71. The molecule has 3 aliphatic heterocycles. The van der Waals surface area contributed by atoms with Crippen LogP contribution in [-0.2, 0) is 14.3 Å². The number of rotatable bonds is 2. The van der Waals surface area contributed by atoms with E-state index in [0.29, 0.717) is 39.3 Å². The maximum Gasteiger partial charge on any atom is 0.266 e. The van der Waals surface area contributed by atoms with Gasteiger partial charge in [0.2, 0.25) is 11.8 Å². The maximum absolute atomic E-state index is 14.2. The highest BCUT2D eigenvalue weighted by molar-refractivity contribution is 5.86. The number of piperidine rings is 1. The van der Waals surface area contributed by atoms with Gasteiger partial charge >= 0.3 is 0 Å². The van der Waals surface area contributed by atoms with E-state index in [0.717, 1.165) is 0 Å². The van der Waals surface area contributed by atoms with E-state index < -0.39 is 24.3 Å². The van der Waals surface area contributed by atoms with Gasteiger partial charge in [-0.3, -0.25) is 14.5 Å². The standard InChI is InChI=1S/C15H23F2N3O3/c1-18-3-2-14(13(18)22)9-15(16,17)11-20(10-14)12(21)8-19-4-6-23-7-5-19/h2-11H2,1H3/t14-/m1/s1. The zero-order chi connectivity index (χ0) is 16.7. The molecule has 3 rings (SSSR count). The van der Waals surface area contributed by atoms with E-state index in [2.05, 4.69) is 0 Å². The zero-order valence-corrected chi connectivity index (χ0v) is 13.4. The minimum Gasteiger partial charge on any atom is -0.379 e. The first-order chi connectivity index (χ1) is 10.8. The highest BCUT2D eigenvalue weighted by atomic mass is 19.3. The number of hydrogen-bond donors (Lipinski definition) is 0. The third-order valence-electron chi connectivity index (χ3n) is 5.05.